The summed E-state index contributed by atoms with van der Waals surface area (Å²) in [5.41, 5.74) is -0.444. The maximum absolute atomic E-state index is 13.0. The molecule has 1 aromatic rings. The summed E-state index contributed by atoms with van der Waals surface area (Å²) in [7, 11) is 1.30. The fourth-order valence-corrected chi connectivity index (χ4v) is 2.74. The van der Waals surface area contributed by atoms with Gasteiger partial charge in [0, 0.05) is 6.54 Å². The third-order valence-corrected chi connectivity index (χ3v) is 3.78. The summed E-state index contributed by atoms with van der Waals surface area (Å²) in [5, 5.41) is 0. The maximum Gasteiger partial charge on any atom is 0.416 e. The van der Waals surface area contributed by atoms with E-state index in [-0.39, 0.29) is 18.1 Å². The molecule has 0 bridgehead atoms. The first-order chi connectivity index (χ1) is 9.93. The number of likely N-dealkylation sites (tertiary alicyclic amines) is 1. The van der Waals surface area contributed by atoms with E-state index in [0.717, 1.165) is 18.9 Å². The Kier molecular flexibility index (Phi) is 4.88. The molecule has 1 aromatic carbocycles. The number of nitrogens with zero attached hydrogens (tertiary/aromatic N) is 1. The molecule has 1 saturated heterocycles. The fraction of sp³-hybridized carbons (Fsp3) is 0.533. The van der Waals surface area contributed by atoms with Crippen molar-refractivity contribution in [1.29, 1.82) is 0 Å². The monoisotopic (exact) mass is 301 g/mol. The molecule has 0 saturated carbocycles. The van der Waals surface area contributed by atoms with Crippen LogP contribution in [0.3, 0.4) is 0 Å². The van der Waals surface area contributed by atoms with Gasteiger partial charge in [-0.25, -0.2) is 0 Å². The smallest absolute Gasteiger partial charge is 0.416 e. The molecule has 1 atom stereocenters. The Morgan fingerprint density at radius 3 is 2.71 bits per heavy atom. The molecular weight excluding hydrogens is 283 g/mol. The number of hydrogen-bond acceptors (Lipinski definition) is 3. The zero-order valence-corrected chi connectivity index (χ0v) is 11.8. The second-order valence-electron chi connectivity index (χ2n) is 5.16. The number of benzene rings is 1. The van der Waals surface area contributed by atoms with E-state index in [2.05, 4.69) is 0 Å². The highest BCUT2D eigenvalue weighted by Crippen LogP contribution is 2.33. The van der Waals surface area contributed by atoms with Crippen LogP contribution in [0.1, 0.15) is 30.4 Å². The van der Waals surface area contributed by atoms with E-state index in [9.17, 15) is 18.0 Å². The summed E-state index contributed by atoms with van der Waals surface area (Å²) >= 11 is 0. The van der Waals surface area contributed by atoms with E-state index >= 15 is 0 Å². The number of rotatable bonds is 3. The molecule has 1 fully saturated rings. The van der Waals surface area contributed by atoms with E-state index in [1.165, 1.54) is 19.2 Å². The van der Waals surface area contributed by atoms with Gasteiger partial charge in [-0.1, -0.05) is 24.6 Å². The highest BCUT2D eigenvalue weighted by atomic mass is 19.4. The van der Waals surface area contributed by atoms with Gasteiger partial charge in [0.05, 0.1) is 12.7 Å². The van der Waals surface area contributed by atoms with Crippen LogP contribution in [0.25, 0.3) is 0 Å². The molecule has 0 aromatic heterocycles. The van der Waals surface area contributed by atoms with Gasteiger partial charge in [-0.2, -0.15) is 13.2 Å². The van der Waals surface area contributed by atoms with Gasteiger partial charge in [0.2, 0.25) is 0 Å². The van der Waals surface area contributed by atoms with Gasteiger partial charge in [0.15, 0.2) is 0 Å². The Labute approximate surface area is 121 Å². The highest BCUT2D eigenvalue weighted by Gasteiger charge is 2.35. The third-order valence-electron chi connectivity index (χ3n) is 3.78. The van der Waals surface area contributed by atoms with Gasteiger partial charge >= 0.3 is 12.1 Å². The van der Waals surface area contributed by atoms with Gasteiger partial charge in [-0.05, 0) is 31.0 Å². The van der Waals surface area contributed by atoms with E-state index in [1.807, 2.05) is 0 Å². The number of carbonyl (C=O) groups is 1. The average molecular weight is 301 g/mol. The molecule has 0 N–H and O–H groups in total. The topological polar surface area (TPSA) is 29.5 Å². The first kappa shape index (κ1) is 15.8. The van der Waals surface area contributed by atoms with Crippen LogP contribution < -0.4 is 0 Å². The molecule has 0 amide bonds. The van der Waals surface area contributed by atoms with E-state index < -0.39 is 17.8 Å². The van der Waals surface area contributed by atoms with Gasteiger partial charge in [-0.3, -0.25) is 9.69 Å². The van der Waals surface area contributed by atoms with Crippen LogP contribution in [-0.4, -0.2) is 30.6 Å². The number of esters is 1. The summed E-state index contributed by atoms with van der Waals surface area (Å²) in [6.45, 7) is 0.710. The molecule has 6 heteroatoms. The number of carbonyl (C=O) groups excluding carboxylic acids is 1. The Morgan fingerprint density at radius 1 is 1.33 bits per heavy atom. The first-order valence-electron chi connectivity index (χ1n) is 6.90. The second-order valence-corrected chi connectivity index (χ2v) is 5.16. The summed E-state index contributed by atoms with van der Waals surface area (Å²) in [4.78, 5) is 13.5. The zero-order valence-electron chi connectivity index (χ0n) is 11.8. The fourth-order valence-electron chi connectivity index (χ4n) is 2.74. The van der Waals surface area contributed by atoms with Crippen molar-refractivity contribution >= 4 is 5.97 Å². The molecular formula is C15H18F3NO2. The Bertz CT molecular complexity index is 502. The summed E-state index contributed by atoms with van der Waals surface area (Å²) in [6.07, 6.45) is -1.99. The number of ether oxygens (including phenoxy) is 1. The predicted octanol–water partition coefficient (Wildman–Crippen LogP) is 3.23. The second kappa shape index (κ2) is 6.47. The van der Waals surface area contributed by atoms with E-state index in [0.29, 0.717) is 13.0 Å². The van der Waals surface area contributed by atoms with Gasteiger partial charge in [0.25, 0.3) is 0 Å². The molecule has 1 aliphatic heterocycles. The molecule has 0 radical (unpaired) electrons. The lowest BCUT2D eigenvalue weighted by atomic mass is 9.99. The molecule has 1 aliphatic rings. The standard InChI is InChI=1S/C15H18F3NO2/c1-21-14(20)13-8-4-5-9-19(13)10-11-6-2-3-7-12(11)15(16,17)18/h2-3,6-7,13H,4-5,8-10H2,1H3. The number of methoxy groups -OCH3 is 1. The van der Waals surface area contributed by atoms with E-state index in [4.69, 9.17) is 4.74 Å². The Hall–Kier alpha value is -1.56. The van der Waals surface area contributed by atoms with Crippen molar-refractivity contribution in [1.82, 2.24) is 4.90 Å². The normalized spacial score (nSPS) is 20.3. The van der Waals surface area contributed by atoms with Crippen molar-refractivity contribution < 1.29 is 22.7 Å². The first-order valence-corrected chi connectivity index (χ1v) is 6.90. The van der Waals surface area contributed by atoms with Crippen molar-refractivity contribution in [3.8, 4) is 0 Å². The van der Waals surface area contributed by atoms with Crippen molar-refractivity contribution in [3.63, 3.8) is 0 Å². The number of halogens is 3. The minimum Gasteiger partial charge on any atom is -0.468 e. The van der Waals surface area contributed by atoms with Crippen LogP contribution in [0.5, 0.6) is 0 Å². The maximum atomic E-state index is 13.0. The minimum atomic E-state index is -4.38. The van der Waals surface area contributed by atoms with Crippen molar-refractivity contribution in [2.24, 2.45) is 0 Å². The molecule has 21 heavy (non-hydrogen) atoms. The van der Waals surface area contributed by atoms with Crippen LogP contribution in [0.4, 0.5) is 13.2 Å². The van der Waals surface area contributed by atoms with E-state index in [1.54, 1.807) is 11.0 Å². The van der Waals surface area contributed by atoms with Crippen molar-refractivity contribution in [3.05, 3.63) is 35.4 Å². The quantitative estimate of drug-likeness (QED) is 0.803. The largest absolute Gasteiger partial charge is 0.468 e. The van der Waals surface area contributed by atoms with Crippen molar-refractivity contribution in [2.45, 2.75) is 38.0 Å². The molecule has 3 nitrogen and oxygen atoms in total. The van der Waals surface area contributed by atoms with Crippen LogP contribution in [0, 0.1) is 0 Å². The predicted molar refractivity (Wildman–Crippen MR) is 71.5 cm³/mol. The van der Waals surface area contributed by atoms with Crippen LogP contribution >= 0.6 is 0 Å². The average Bonchev–Trinajstić information content (AvgIpc) is 2.46. The lowest BCUT2D eigenvalue weighted by Crippen LogP contribution is -2.44. The summed E-state index contributed by atoms with van der Waals surface area (Å²) in [6, 6.07) is 5.05. The van der Waals surface area contributed by atoms with Crippen molar-refractivity contribution in [2.75, 3.05) is 13.7 Å². The van der Waals surface area contributed by atoms with Crippen LogP contribution in [0.2, 0.25) is 0 Å². The zero-order chi connectivity index (χ0) is 15.5. The number of hydrogen-bond donors (Lipinski definition) is 0. The summed E-state index contributed by atoms with van der Waals surface area (Å²) < 4.78 is 43.8. The van der Waals surface area contributed by atoms with Gasteiger partial charge < -0.3 is 4.74 Å². The molecule has 1 heterocycles. The Morgan fingerprint density at radius 2 is 2.05 bits per heavy atom. The van der Waals surface area contributed by atoms with Crippen LogP contribution in [0.15, 0.2) is 24.3 Å². The molecule has 116 valence electrons. The summed E-state index contributed by atoms with van der Waals surface area (Å²) in [5.74, 6) is -0.376. The lowest BCUT2D eigenvalue weighted by molar-refractivity contribution is -0.148. The van der Waals surface area contributed by atoms with Crippen LogP contribution in [-0.2, 0) is 22.3 Å². The van der Waals surface area contributed by atoms with Gasteiger partial charge in [0.1, 0.15) is 6.04 Å². The highest BCUT2D eigenvalue weighted by molar-refractivity contribution is 5.75. The molecule has 0 aliphatic carbocycles. The minimum absolute atomic E-state index is 0.107. The SMILES string of the molecule is COC(=O)C1CCCCN1Cc1ccccc1C(F)(F)F. The number of piperidine rings is 1. The molecule has 0 spiro atoms. The third kappa shape index (κ3) is 3.75. The Balaban J connectivity index is 2.22. The lowest BCUT2D eigenvalue weighted by Gasteiger charge is -2.34. The van der Waals surface area contributed by atoms with Gasteiger partial charge in [-0.15, -0.1) is 0 Å². The number of alkyl halides is 3. The molecule has 2 rings (SSSR count). The molecule has 1 unspecified atom stereocenters.